The number of hydrogen-bond donors (Lipinski definition) is 0. The standard InChI is InChI=1S/C16H46O5Si6/c1-15(22-17-16(2,3)4)24(7,8)19-26(11,12)21-27(13,14)20-25(9,10)18-23(5)6/h15,23H,22H2,1-14H3. The first-order valence-electron chi connectivity index (χ1n) is 10.1. The third kappa shape index (κ3) is 13.1. The average Bonchev–Trinajstić information content (AvgIpc) is 2.27. The molecule has 0 saturated carbocycles. The molecule has 0 rings (SSSR count). The van der Waals surface area contributed by atoms with E-state index in [1.54, 1.807) is 0 Å². The lowest BCUT2D eigenvalue weighted by molar-refractivity contribution is 0.137. The largest absolute Gasteiger partial charge is 0.440 e. The fourth-order valence-corrected chi connectivity index (χ4v) is 28.1. The molecule has 164 valence electrons. The molecule has 0 aromatic carbocycles. The van der Waals surface area contributed by atoms with E-state index in [1.165, 1.54) is 0 Å². The second kappa shape index (κ2) is 9.94. The Bertz CT molecular complexity index is 463. The molecule has 0 saturated heterocycles. The zero-order valence-corrected chi connectivity index (χ0v) is 27.0. The van der Waals surface area contributed by atoms with Crippen LogP contribution in [0, 0.1) is 0 Å². The van der Waals surface area contributed by atoms with Gasteiger partial charge in [-0.2, -0.15) is 0 Å². The molecule has 1 unspecified atom stereocenters. The lowest BCUT2D eigenvalue weighted by Crippen LogP contribution is -2.58. The molecule has 1 atom stereocenters. The summed E-state index contributed by atoms with van der Waals surface area (Å²) in [6.45, 7) is 30.5. The van der Waals surface area contributed by atoms with Crippen molar-refractivity contribution < 1.29 is 20.9 Å². The molecule has 0 spiro atoms. The summed E-state index contributed by atoms with van der Waals surface area (Å²) in [6.07, 6.45) is 0. The minimum absolute atomic E-state index is 0.0624. The van der Waals surface area contributed by atoms with Gasteiger partial charge in [0.15, 0.2) is 27.1 Å². The van der Waals surface area contributed by atoms with Crippen LogP contribution in [0.25, 0.3) is 0 Å². The van der Waals surface area contributed by atoms with E-state index in [2.05, 4.69) is 93.2 Å². The third-order valence-corrected chi connectivity index (χ3v) is 27.4. The maximum atomic E-state index is 6.73. The second-order valence-electron chi connectivity index (χ2n) is 10.6. The highest BCUT2D eigenvalue weighted by Gasteiger charge is 2.45. The Labute approximate surface area is 177 Å². The van der Waals surface area contributed by atoms with Crippen molar-refractivity contribution in [1.29, 1.82) is 0 Å². The van der Waals surface area contributed by atoms with Gasteiger partial charge in [-0.05, 0) is 91.4 Å². The molecule has 5 nitrogen and oxygen atoms in total. The lowest BCUT2D eigenvalue weighted by Gasteiger charge is -2.42. The van der Waals surface area contributed by atoms with Crippen molar-refractivity contribution in [3.8, 4) is 0 Å². The summed E-state index contributed by atoms with van der Waals surface area (Å²) in [5.74, 6) is 0. The maximum Gasteiger partial charge on any atom is 0.314 e. The van der Waals surface area contributed by atoms with Crippen LogP contribution in [0.15, 0.2) is 0 Å². The van der Waals surface area contributed by atoms with Gasteiger partial charge in [-0.1, -0.05) is 6.92 Å². The molecule has 0 aromatic rings. The molecule has 0 aliphatic rings. The van der Waals surface area contributed by atoms with Gasteiger partial charge in [-0.3, -0.25) is 0 Å². The van der Waals surface area contributed by atoms with Crippen molar-refractivity contribution in [2.75, 3.05) is 0 Å². The fraction of sp³-hybridized carbons (Fsp3) is 1.00. The highest BCUT2D eigenvalue weighted by Crippen LogP contribution is 2.30. The topological polar surface area (TPSA) is 46.2 Å². The van der Waals surface area contributed by atoms with E-state index in [4.69, 9.17) is 20.9 Å². The minimum atomic E-state index is -2.33. The van der Waals surface area contributed by atoms with Gasteiger partial charge in [0, 0.05) is 5.60 Å². The highest BCUT2D eigenvalue weighted by atomic mass is 28.5. The van der Waals surface area contributed by atoms with Crippen LogP contribution < -0.4 is 0 Å². The molecule has 0 N–H and O–H groups in total. The third-order valence-electron chi connectivity index (χ3n) is 3.96. The van der Waals surface area contributed by atoms with Crippen LogP contribution in [-0.4, -0.2) is 58.4 Å². The molecule has 0 aromatic heterocycles. The summed E-state index contributed by atoms with van der Waals surface area (Å²) >= 11 is 0. The van der Waals surface area contributed by atoms with Crippen molar-refractivity contribution >= 4 is 52.8 Å². The monoisotopic (exact) mass is 486 g/mol. The van der Waals surface area contributed by atoms with E-state index in [0.717, 1.165) is 0 Å². The molecule has 0 heterocycles. The van der Waals surface area contributed by atoms with Gasteiger partial charge < -0.3 is 20.9 Å². The first-order chi connectivity index (χ1) is 11.7. The molecule has 0 amide bonds. The zero-order valence-electron chi connectivity index (χ0n) is 20.4. The summed E-state index contributed by atoms with van der Waals surface area (Å²) in [4.78, 5) is 0. The molecule has 0 bridgehead atoms. The Kier molecular flexibility index (Phi) is 10.3. The van der Waals surface area contributed by atoms with Gasteiger partial charge in [0.25, 0.3) is 0 Å². The molecule has 0 fully saturated rings. The Morgan fingerprint density at radius 3 is 1.56 bits per heavy atom. The van der Waals surface area contributed by atoms with E-state index >= 15 is 0 Å². The molecular formula is C16H46O5Si6. The maximum absolute atomic E-state index is 6.73. The second-order valence-corrected chi connectivity index (χ2v) is 31.3. The zero-order chi connectivity index (χ0) is 21.9. The van der Waals surface area contributed by atoms with Crippen LogP contribution in [0.1, 0.15) is 27.7 Å². The lowest BCUT2D eigenvalue weighted by atomic mass is 10.2. The van der Waals surface area contributed by atoms with Gasteiger partial charge in [0.2, 0.25) is 0 Å². The number of hydrogen-bond acceptors (Lipinski definition) is 5. The van der Waals surface area contributed by atoms with Gasteiger partial charge in [0.1, 0.15) is 0 Å². The van der Waals surface area contributed by atoms with Crippen molar-refractivity contribution in [2.24, 2.45) is 0 Å². The molecule has 0 radical (unpaired) electrons. The van der Waals surface area contributed by atoms with Crippen LogP contribution in [-0.2, 0) is 20.9 Å². The Balaban J connectivity index is 4.97. The van der Waals surface area contributed by atoms with E-state index in [-0.39, 0.29) is 5.60 Å². The normalized spacial score (nSPS) is 16.6. The summed E-state index contributed by atoms with van der Waals surface area (Å²) in [7, 11) is -10.5. The summed E-state index contributed by atoms with van der Waals surface area (Å²) in [5, 5.41) is 0.527. The van der Waals surface area contributed by atoms with Crippen molar-refractivity contribution in [2.45, 2.75) is 104 Å². The van der Waals surface area contributed by atoms with Crippen molar-refractivity contribution in [1.82, 2.24) is 0 Å². The van der Waals surface area contributed by atoms with E-state index < -0.39 is 52.8 Å². The van der Waals surface area contributed by atoms with E-state index in [9.17, 15) is 0 Å². The predicted octanol–water partition coefficient (Wildman–Crippen LogP) is 4.59. The number of rotatable bonds is 11. The van der Waals surface area contributed by atoms with Crippen molar-refractivity contribution in [3.05, 3.63) is 0 Å². The Morgan fingerprint density at radius 1 is 0.741 bits per heavy atom. The molecule has 0 aliphatic carbocycles. The molecular weight excluding hydrogens is 441 g/mol. The van der Waals surface area contributed by atoms with Crippen LogP contribution in [0.2, 0.25) is 70.6 Å². The summed E-state index contributed by atoms with van der Waals surface area (Å²) < 4.78 is 32.1. The van der Waals surface area contributed by atoms with Crippen LogP contribution >= 0.6 is 0 Å². The van der Waals surface area contributed by atoms with E-state index in [1.807, 2.05) is 0 Å². The van der Waals surface area contributed by atoms with Crippen LogP contribution in [0.5, 0.6) is 0 Å². The van der Waals surface area contributed by atoms with Gasteiger partial charge in [0.05, 0.1) is 0 Å². The molecule has 0 aliphatic heterocycles. The predicted molar refractivity (Wildman–Crippen MR) is 132 cm³/mol. The van der Waals surface area contributed by atoms with Gasteiger partial charge >= 0.3 is 25.7 Å². The van der Waals surface area contributed by atoms with Gasteiger partial charge in [-0.15, -0.1) is 0 Å². The van der Waals surface area contributed by atoms with Crippen LogP contribution in [0.4, 0.5) is 0 Å². The first kappa shape index (κ1) is 28.1. The van der Waals surface area contributed by atoms with E-state index in [0.29, 0.717) is 5.16 Å². The van der Waals surface area contributed by atoms with Crippen molar-refractivity contribution in [3.63, 3.8) is 0 Å². The van der Waals surface area contributed by atoms with Gasteiger partial charge in [-0.25, -0.2) is 0 Å². The smallest absolute Gasteiger partial charge is 0.314 e. The highest BCUT2D eigenvalue weighted by molar-refractivity contribution is 6.91. The SMILES string of the molecule is CC([SiH2]OC(C)(C)C)[Si](C)(C)O[Si](C)(C)O[Si](C)(C)O[Si](C)(C)O[SiH](C)C. The first-order valence-corrected chi connectivity index (χ1v) is 25.7. The molecule has 27 heavy (non-hydrogen) atoms. The average molecular weight is 487 g/mol. The quantitative estimate of drug-likeness (QED) is 0.400. The van der Waals surface area contributed by atoms with Crippen LogP contribution in [0.3, 0.4) is 0 Å². The minimum Gasteiger partial charge on any atom is -0.440 e. The summed E-state index contributed by atoms with van der Waals surface area (Å²) in [5.41, 5.74) is -0.0624. The molecule has 11 heteroatoms. The Morgan fingerprint density at radius 2 is 1.15 bits per heavy atom. The Hall–Kier alpha value is 1.10. The summed E-state index contributed by atoms with van der Waals surface area (Å²) in [6, 6.07) is 0. The fourth-order valence-electron chi connectivity index (χ4n) is 3.13.